The van der Waals surface area contributed by atoms with Gasteiger partial charge in [0.1, 0.15) is 0 Å². The average molecular weight is 475 g/mol. The van der Waals surface area contributed by atoms with E-state index >= 15 is 0 Å². The van der Waals surface area contributed by atoms with Crippen molar-refractivity contribution in [1.82, 2.24) is 24.7 Å². The van der Waals surface area contributed by atoms with E-state index < -0.39 is 0 Å². The summed E-state index contributed by atoms with van der Waals surface area (Å²) in [6.45, 7) is 10.5. The van der Waals surface area contributed by atoms with Crippen LogP contribution in [-0.2, 0) is 12.5 Å². The number of thiazole rings is 1. The minimum Gasteiger partial charge on any atom is -0.321 e. The molecule has 0 aliphatic rings. The highest BCUT2D eigenvalue weighted by Gasteiger charge is 2.22. The zero-order valence-electron chi connectivity index (χ0n) is 20.5. The molecule has 0 bridgehead atoms. The largest absolute Gasteiger partial charge is 0.321 e. The van der Waals surface area contributed by atoms with Gasteiger partial charge < -0.3 is 5.32 Å². The van der Waals surface area contributed by atoms with Gasteiger partial charge in [-0.15, -0.1) is 11.3 Å². The van der Waals surface area contributed by atoms with E-state index in [1.807, 2.05) is 19.3 Å². The first-order valence-corrected chi connectivity index (χ1v) is 12.1. The smallest absolute Gasteiger partial charge is 0.227 e. The lowest BCUT2D eigenvalue weighted by Gasteiger charge is -2.15. The van der Waals surface area contributed by atoms with E-state index in [-0.39, 0.29) is 17.1 Å². The van der Waals surface area contributed by atoms with Crippen molar-refractivity contribution in [3.05, 3.63) is 70.1 Å². The first kappa shape index (κ1) is 23.8. The maximum Gasteiger partial charge on any atom is 0.227 e. The lowest BCUT2D eigenvalue weighted by Crippen LogP contribution is -2.09. The standard InChI is InChI=1S/C26H30N6OS/c1-16-11-18(21-9-10-27-25(31-21)30-19-13-29-32(6)15-19)7-8-20(16)17(2)12-22(33)23-14-28-24(34-23)26(3,4)5/h7-11,13-15,17H,12H2,1-6H3,(H,27,30,31). The molecular formula is C26H30N6OS. The van der Waals surface area contributed by atoms with Gasteiger partial charge in [0.05, 0.1) is 27.5 Å². The third-order valence-electron chi connectivity index (χ3n) is 5.63. The molecular weight excluding hydrogens is 444 g/mol. The number of nitrogens with zero attached hydrogens (tertiary/aromatic N) is 5. The lowest BCUT2D eigenvalue weighted by atomic mass is 9.90. The number of Topliss-reactive ketones (excluding diaryl/α,β-unsaturated/α-hetero) is 1. The minimum absolute atomic E-state index is 0.0460. The second kappa shape index (κ2) is 9.46. The van der Waals surface area contributed by atoms with Gasteiger partial charge in [-0.2, -0.15) is 5.10 Å². The topological polar surface area (TPSA) is 85.6 Å². The Hall–Kier alpha value is -3.39. The highest BCUT2D eigenvalue weighted by molar-refractivity contribution is 7.13. The van der Waals surface area contributed by atoms with Crippen molar-refractivity contribution in [2.75, 3.05) is 5.32 Å². The van der Waals surface area contributed by atoms with Crippen molar-refractivity contribution in [2.24, 2.45) is 7.05 Å². The molecule has 0 aliphatic carbocycles. The molecule has 0 radical (unpaired) electrons. The first-order valence-electron chi connectivity index (χ1n) is 11.3. The molecule has 0 saturated carbocycles. The molecule has 4 rings (SSSR count). The summed E-state index contributed by atoms with van der Waals surface area (Å²) in [4.78, 5) is 27.1. The zero-order valence-corrected chi connectivity index (χ0v) is 21.3. The highest BCUT2D eigenvalue weighted by atomic mass is 32.1. The van der Waals surface area contributed by atoms with Gasteiger partial charge in [0.2, 0.25) is 5.95 Å². The fourth-order valence-corrected chi connectivity index (χ4v) is 4.74. The zero-order chi connectivity index (χ0) is 24.5. The summed E-state index contributed by atoms with van der Waals surface area (Å²) in [5.74, 6) is 0.770. The van der Waals surface area contributed by atoms with Gasteiger partial charge in [-0.25, -0.2) is 15.0 Å². The number of benzene rings is 1. The van der Waals surface area contributed by atoms with Crippen LogP contribution in [0.4, 0.5) is 11.6 Å². The van der Waals surface area contributed by atoms with Crippen LogP contribution >= 0.6 is 11.3 Å². The van der Waals surface area contributed by atoms with Crippen LogP contribution in [0, 0.1) is 6.92 Å². The number of hydrogen-bond acceptors (Lipinski definition) is 7. The summed E-state index contributed by atoms with van der Waals surface area (Å²) >= 11 is 1.51. The maximum atomic E-state index is 12.9. The Labute approximate surface area is 204 Å². The van der Waals surface area contributed by atoms with Crippen LogP contribution in [-0.4, -0.2) is 30.5 Å². The number of aryl methyl sites for hydroxylation is 2. The fraction of sp³-hybridized carbons (Fsp3) is 0.346. The number of carbonyl (C=O) groups excluding carboxylic acids is 1. The molecule has 1 aromatic carbocycles. The van der Waals surface area contributed by atoms with E-state index in [4.69, 9.17) is 0 Å². The number of hydrogen-bond donors (Lipinski definition) is 1. The SMILES string of the molecule is Cc1cc(-c2ccnc(Nc3cnn(C)c3)n2)ccc1C(C)CC(=O)c1cnc(C(C)(C)C)s1. The van der Waals surface area contributed by atoms with E-state index in [0.717, 1.165) is 32.4 Å². The molecule has 7 nitrogen and oxygen atoms in total. The van der Waals surface area contributed by atoms with Gasteiger partial charge in [-0.1, -0.05) is 39.8 Å². The molecule has 3 heterocycles. The Morgan fingerprint density at radius 3 is 2.62 bits per heavy atom. The Balaban J connectivity index is 1.48. The van der Waals surface area contributed by atoms with Crippen LogP contribution in [0.2, 0.25) is 0 Å². The Morgan fingerprint density at radius 2 is 1.97 bits per heavy atom. The van der Waals surface area contributed by atoms with Gasteiger partial charge in [0.15, 0.2) is 5.78 Å². The molecule has 1 unspecified atom stereocenters. The van der Waals surface area contributed by atoms with E-state index in [0.29, 0.717) is 12.4 Å². The Bertz CT molecular complexity index is 1320. The van der Waals surface area contributed by atoms with E-state index in [1.165, 1.54) is 16.9 Å². The summed E-state index contributed by atoms with van der Waals surface area (Å²) in [5, 5.41) is 8.33. The van der Waals surface area contributed by atoms with Gasteiger partial charge in [-0.05, 0) is 36.1 Å². The molecule has 1 N–H and O–H groups in total. The number of anilines is 2. The molecule has 0 amide bonds. The quantitative estimate of drug-likeness (QED) is 0.328. The van der Waals surface area contributed by atoms with E-state index in [1.54, 1.807) is 23.3 Å². The highest BCUT2D eigenvalue weighted by Crippen LogP contribution is 2.31. The second-order valence-corrected chi connectivity index (χ2v) is 10.7. The number of nitrogens with one attached hydrogen (secondary N) is 1. The molecule has 8 heteroatoms. The van der Waals surface area contributed by atoms with Crippen LogP contribution in [0.3, 0.4) is 0 Å². The number of carbonyl (C=O) groups is 1. The molecule has 3 aromatic heterocycles. The van der Waals surface area contributed by atoms with Crippen molar-refractivity contribution >= 4 is 28.8 Å². The third-order valence-corrected chi connectivity index (χ3v) is 7.09. The first-order chi connectivity index (χ1) is 16.1. The average Bonchev–Trinajstić information content (AvgIpc) is 3.43. The minimum atomic E-state index is -0.0460. The van der Waals surface area contributed by atoms with Crippen molar-refractivity contribution in [1.29, 1.82) is 0 Å². The van der Waals surface area contributed by atoms with Gasteiger partial charge >= 0.3 is 0 Å². The van der Waals surface area contributed by atoms with Crippen LogP contribution < -0.4 is 5.32 Å². The summed E-state index contributed by atoms with van der Waals surface area (Å²) in [6, 6.07) is 8.18. The molecule has 0 fully saturated rings. The summed E-state index contributed by atoms with van der Waals surface area (Å²) in [7, 11) is 1.86. The Kier molecular flexibility index (Phi) is 6.61. The van der Waals surface area contributed by atoms with Crippen LogP contribution in [0.15, 0.2) is 49.1 Å². The number of ketones is 1. The maximum absolute atomic E-state index is 12.9. The molecule has 1 atom stereocenters. The predicted molar refractivity (Wildman–Crippen MR) is 137 cm³/mol. The van der Waals surface area contributed by atoms with E-state index in [2.05, 4.69) is 78.2 Å². The summed E-state index contributed by atoms with van der Waals surface area (Å²) in [5.41, 5.74) is 4.93. The van der Waals surface area contributed by atoms with Crippen LogP contribution in [0.25, 0.3) is 11.3 Å². The van der Waals surface area contributed by atoms with Crippen LogP contribution in [0.1, 0.15) is 65.8 Å². The molecule has 0 aliphatic heterocycles. The lowest BCUT2D eigenvalue weighted by molar-refractivity contribution is 0.0979. The molecule has 0 spiro atoms. The van der Waals surface area contributed by atoms with Crippen molar-refractivity contribution in [3.63, 3.8) is 0 Å². The Morgan fingerprint density at radius 1 is 1.18 bits per heavy atom. The fourth-order valence-electron chi connectivity index (χ4n) is 3.82. The van der Waals surface area contributed by atoms with Gasteiger partial charge in [-0.3, -0.25) is 9.48 Å². The normalized spacial score (nSPS) is 12.5. The van der Waals surface area contributed by atoms with Crippen molar-refractivity contribution in [3.8, 4) is 11.3 Å². The molecule has 34 heavy (non-hydrogen) atoms. The number of aromatic nitrogens is 5. The van der Waals surface area contributed by atoms with E-state index in [9.17, 15) is 4.79 Å². The monoisotopic (exact) mass is 474 g/mol. The molecule has 0 saturated heterocycles. The van der Waals surface area contributed by atoms with Crippen molar-refractivity contribution in [2.45, 2.75) is 52.4 Å². The second-order valence-electron chi connectivity index (χ2n) is 9.67. The summed E-state index contributed by atoms with van der Waals surface area (Å²) < 4.78 is 1.72. The molecule has 4 aromatic rings. The van der Waals surface area contributed by atoms with Gasteiger partial charge in [0, 0.05) is 43.0 Å². The third kappa shape index (κ3) is 5.39. The van der Waals surface area contributed by atoms with Crippen LogP contribution in [0.5, 0.6) is 0 Å². The van der Waals surface area contributed by atoms with Gasteiger partial charge in [0.25, 0.3) is 0 Å². The van der Waals surface area contributed by atoms with Crippen molar-refractivity contribution < 1.29 is 4.79 Å². The predicted octanol–water partition coefficient (Wildman–Crippen LogP) is 6.06. The number of rotatable bonds is 7. The molecule has 176 valence electrons. The summed E-state index contributed by atoms with van der Waals surface area (Å²) in [6.07, 6.45) is 7.52.